The molecule has 0 bridgehead atoms. The van der Waals surface area contributed by atoms with Crippen molar-refractivity contribution in [3.63, 3.8) is 0 Å². The van der Waals surface area contributed by atoms with E-state index in [0.29, 0.717) is 22.5 Å². The summed E-state index contributed by atoms with van der Waals surface area (Å²) < 4.78 is 0. The van der Waals surface area contributed by atoms with Crippen LogP contribution in [0.15, 0.2) is 0 Å². The van der Waals surface area contributed by atoms with Gasteiger partial charge in [-0.2, -0.15) is 0 Å². The van der Waals surface area contributed by atoms with E-state index in [9.17, 15) is 4.79 Å². The molecule has 11 atom stereocenters. The van der Waals surface area contributed by atoms with Crippen LogP contribution in [0.2, 0.25) is 0 Å². The molecular formula is C27H43NO. The molecule has 6 aliphatic rings. The summed E-state index contributed by atoms with van der Waals surface area (Å²) in [6.45, 7) is 11.8. The van der Waals surface area contributed by atoms with Crippen LogP contribution in [0.4, 0.5) is 0 Å². The van der Waals surface area contributed by atoms with E-state index in [1.165, 1.54) is 57.9 Å². The third-order valence-electron chi connectivity index (χ3n) is 12.1. The highest BCUT2D eigenvalue weighted by Gasteiger charge is 2.66. The molecule has 2 nitrogen and oxygen atoms in total. The van der Waals surface area contributed by atoms with Gasteiger partial charge in [-0.15, -0.1) is 0 Å². The number of fused-ring (bicyclic) bond motifs is 9. The Hall–Kier alpha value is -0.370. The van der Waals surface area contributed by atoms with Gasteiger partial charge in [0, 0.05) is 31.5 Å². The van der Waals surface area contributed by atoms with E-state index >= 15 is 0 Å². The van der Waals surface area contributed by atoms with Crippen LogP contribution >= 0.6 is 0 Å². The summed E-state index contributed by atoms with van der Waals surface area (Å²) in [7, 11) is 0. The fourth-order valence-corrected chi connectivity index (χ4v) is 10.8. The summed E-state index contributed by atoms with van der Waals surface area (Å²) in [4.78, 5) is 15.2. The Bertz CT molecular complexity index is 703. The van der Waals surface area contributed by atoms with Gasteiger partial charge < -0.3 is 0 Å². The molecule has 0 aromatic heterocycles. The van der Waals surface area contributed by atoms with Crippen LogP contribution in [0.1, 0.15) is 91.9 Å². The molecule has 0 N–H and O–H groups in total. The van der Waals surface area contributed by atoms with Crippen molar-refractivity contribution in [3.8, 4) is 0 Å². The van der Waals surface area contributed by atoms with Crippen molar-refractivity contribution in [1.82, 2.24) is 4.90 Å². The van der Waals surface area contributed by atoms with E-state index in [2.05, 4.69) is 32.6 Å². The van der Waals surface area contributed by atoms with E-state index in [4.69, 9.17) is 0 Å². The van der Waals surface area contributed by atoms with E-state index < -0.39 is 0 Å². The van der Waals surface area contributed by atoms with Gasteiger partial charge in [0.1, 0.15) is 5.78 Å². The molecule has 0 aromatic carbocycles. The lowest BCUT2D eigenvalue weighted by molar-refractivity contribution is -0.140. The molecule has 2 aliphatic heterocycles. The van der Waals surface area contributed by atoms with Crippen molar-refractivity contribution in [3.05, 3.63) is 0 Å². The molecule has 162 valence electrons. The molecule has 6 rings (SSSR count). The van der Waals surface area contributed by atoms with Crippen molar-refractivity contribution in [2.75, 3.05) is 6.54 Å². The normalized spacial score (nSPS) is 59.4. The number of carbonyl (C=O) groups is 1. The van der Waals surface area contributed by atoms with Crippen LogP contribution in [0, 0.1) is 52.3 Å². The quantitative estimate of drug-likeness (QED) is 0.504. The minimum absolute atomic E-state index is 0.462. The van der Waals surface area contributed by atoms with Gasteiger partial charge in [-0.3, -0.25) is 9.69 Å². The molecule has 0 spiro atoms. The number of hydrogen-bond donors (Lipinski definition) is 0. The van der Waals surface area contributed by atoms with Crippen LogP contribution in [-0.4, -0.2) is 29.3 Å². The van der Waals surface area contributed by atoms with Gasteiger partial charge in [0.25, 0.3) is 0 Å². The Morgan fingerprint density at radius 1 is 0.897 bits per heavy atom. The van der Waals surface area contributed by atoms with Crippen LogP contribution in [0.3, 0.4) is 0 Å². The molecule has 0 aromatic rings. The Labute approximate surface area is 178 Å². The average Bonchev–Trinajstić information content (AvgIpc) is 3.15. The first-order valence-corrected chi connectivity index (χ1v) is 13.1. The van der Waals surface area contributed by atoms with Gasteiger partial charge in [-0.25, -0.2) is 0 Å². The second-order valence-corrected chi connectivity index (χ2v) is 13.1. The first-order valence-electron chi connectivity index (χ1n) is 13.1. The van der Waals surface area contributed by atoms with Gasteiger partial charge in [0.05, 0.1) is 0 Å². The van der Waals surface area contributed by atoms with Crippen molar-refractivity contribution < 1.29 is 4.79 Å². The maximum absolute atomic E-state index is 12.2. The number of rotatable bonds is 0. The van der Waals surface area contributed by atoms with Crippen LogP contribution in [-0.2, 0) is 4.79 Å². The largest absolute Gasteiger partial charge is 0.300 e. The summed E-state index contributed by atoms with van der Waals surface area (Å²) in [6.07, 6.45) is 13.0. The Balaban J connectivity index is 1.31. The lowest BCUT2D eigenvalue weighted by atomic mass is 9.44. The minimum atomic E-state index is 0.462. The number of Topliss-reactive ketones (excluding diaryl/α,β-unsaturated/α-hetero) is 1. The molecule has 0 radical (unpaired) electrons. The zero-order valence-corrected chi connectivity index (χ0v) is 19.3. The van der Waals surface area contributed by atoms with E-state index in [0.717, 1.165) is 60.4 Å². The molecule has 4 saturated carbocycles. The second kappa shape index (κ2) is 6.33. The van der Waals surface area contributed by atoms with Crippen molar-refractivity contribution in [2.45, 2.75) is 104 Å². The predicted molar refractivity (Wildman–Crippen MR) is 117 cm³/mol. The van der Waals surface area contributed by atoms with Gasteiger partial charge >= 0.3 is 0 Å². The zero-order valence-electron chi connectivity index (χ0n) is 19.3. The Morgan fingerprint density at radius 2 is 1.72 bits per heavy atom. The Kier molecular flexibility index (Phi) is 4.22. The van der Waals surface area contributed by atoms with E-state index in [1.54, 1.807) is 0 Å². The van der Waals surface area contributed by atoms with Crippen molar-refractivity contribution >= 4 is 5.78 Å². The zero-order chi connectivity index (χ0) is 20.1. The van der Waals surface area contributed by atoms with Crippen LogP contribution < -0.4 is 0 Å². The molecule has 2 saturated heterocycles. The fraction of sp³-hybridized carbons (Fsp3) is 0.963. The number of hydrogen-bond acceptors (Lipinski definition) is 2. The van der Waals surface area contributed by atoms with Crippen LogP contribution in [0.5, 0.6) is 0 Å². The number of piperidine rings is 1. The molecule has 2 heterocycles. The molecule has 11 unspecified atom stereocenters. The summed E-state index contributed by atoms with van der Waals surface area (Å²) in [5.74, 6) is 6.80. The molecular weight excluding hydrogens is 354 g/mol. The van der Waals surface area contributed by atoms with Crippen LogP contribution in [0.25, 0.3) is 0 Å². The van der Waals surface area contributed by atoms with Gasteiger partial charge in [0.2, 0.25) is 0 Å². The highest BCUT2D eigenvalue weighted by molar-refractivity contribution is 5.79. The third kappa shape index (κ3) is 2.48. The topological polar surface area (TPSA) is 20.3 Å². The summed E-state index contributed by atoms with van der Waals surface area (Å²) in [6, 6.07) is 1.76. The number of carbonyl (C=O) groups excluding carboxylic acids is 1. The second-order valence-electron chi connectivity index (χ2n) is 13.1. The SMILES string of the molecule is CC1CCC2C(C)C3C(CC4C5CCC6CC(=O)CCC6(C)C5CCC43C)N2C1. The smallest absolute Gasteiger partial charge is 0.133 e. The Morgan fingerprint density at radius 3 is 2.55 bits per heavy atom. The molecule has 0 amide bonds. The van der Waals surface area contributed by atoms with Gasteiger partial charge in [-0.1, -0.05) is 27.7 Å². The van der Waals surface area contributed by atoms with E-state index in [1.807, 2.05) is 0 Å². The predicted octanol–water partition coefficient (Wildman–Crippen LogP) is 5.94. The number of nitrogens with zero attached hydrogens (tertiary/aromatic N) is 1. The maximum atomic E-state index is 12.2. The first-order chi connectivity index (χ1) is 13.8. The number of ketones is 1. The summed E-state index contributed by atoms with van der Waals surface area (Å²) >= 11 is 0. The van der Waals surface area contributed by atoms with E-state index in [-0.39, 0.29) is 0 Å². The fourth-order valence-electron chi connectivity index (χ4n) is 10.8. The lowest BCUT2D eigenvalue weighted by Gasteiger charge is -2.60. The lowest BCUT2D eigenvalue weighted by Crippen LogP contribution is -2.54. The minimum Gasteiger partial charge on any atom is -0.300 e. The van der Waals surface area contributed by atoms with Crippen molar-refractivity contribution in [2.24, 2.45) is 52.3 Å². The summed E-state index contributed by atoms with van der Waals surface area (Å²) in [5.41, 5.74) is 1.04. The molecule has 6 fully saturated rings. The molecule has 4 aliphatic carbocycles. The monoisotopic (exact) mass is 397 g/mol. The highest BCUT2D eigenvalue weighted by atomic mass is 16.1. The maximum Gasteiger partial charge on any atom is 0.133 e. The van der Waals surface area contributed by atoms with Crippen molar-refractivity contribution in [1.29, 1.82) is 0 Å². The molecule has 2 heteroatoms. The van der Waals surface area contributed by atoms with Gasteiger partial charge in [-0.05, 0) is 104 Å². The summed E-state index contributed by atoms with van der Waals surface area (Å²) in [5, 5.41) is 0. The highest BCUT2D eigenvalue weighted by Crippen LogP contribution is 2.70. The third-order valence-corrected chi connectivity index (χ3v) is 12.1. The average molecular weight is 398 g/mol. The first kappa shape index (κ1) is 19.3. The standard InChI is InChI=1S/C27H43NO/c1-16-5-8-23-17(2)25-24(28(23)15-16)14-22-20-7-6-18-13-19(29)9-11-26(18,3)21(20)10-12-27(22,25)4/h16-18,20-25H,5-15H2,1-4H3. The molecule has 29 heavy (non-hydrogen) atoms. The van der Waals surface area contributed by atoms with Gasteiger partial charge in [0.15, 0.2) is 0 Å².